The summed E-state index contributed by atoms with van der Waals surface area (Å²) < 4.78 is 5.03. The maximum atomic E-state index is 5.03. The van der Waals surface area contributed by atoms with Crippen LogP contribution in [0.5, 0.6) is 5.88 Å². The lowest BCUT2D eigenvalue weighted by molar-refractivity contribution is 0.352. The van der Waals surface area contributed by atoms with Crippen molar-refractivity contribution in [2.45, 2.75) is 12.8 Å². The van der Waals surface area contributed by atoms with Crippen molar-refractivity contribution < 1.29 is 4.74 Å². The summed E-state index contributed by atoms with van der Waals surface area (Å²) in [7, 11) is 1.61. The van der Waals surface area contributed by atoms with Crippen LogP contribution in [-0.2, 0) is 0 Å². The zero-order valence-electron chi connectivity index (χ0n) is 9.65. The summed E-state index contributed by atoms with van der Waals surface area (Å²) >= 11 is 0. The van der Waals surface area contributed by atoms with Gasteiger partial charge in [0.05, 0.1) is 7.11 Å². The number of hydrogen-bond donors (Lipinski definition) is 1. The number of nitrogens with zero attached hydrogens (tertiary/aromatic N) is 3. The monoisotopic (exact) mass is 222 g/mol. The van der Waals surface area contributed by atoms with Crippen molar-refractivity contribution in [1.29, 1.82) is 0 Å². The summed E-state index contributed by atoms with van der Waals surface area (Å²) in [5, 5.41) is 3.20. The van der Waals surface area contributed by atoms with Crippen molar-refractivity contribution in [2.24, 2.45) is 0 Å². The Balaban J connectivity index is 1.75. The molecule has 1 aliphatic rings. The number of methoxy groups -OCH3 is 1. The molecule has 0 saturated carbocycles. The van der Waals surface area contributed by atoms with Crippen LogP contribution in [0.3, 0.4) is 0 Å². The number of aromatic nitrogens is 2. The normalized spacial score (nSPS) is 16.3. The van der Waals surface area contributed by atoms with E-state index in [1.165, 1.54) is 25.9 Å². The minimum absolute atomic E-state index is 0.596. The van der Waals surface area contributed by atoms with Crippen LogP contribution in [0.1, 0.15) is 12.8 Å². The Morgan fingerprint density at radius 3 is 3.00 bits per heavy atom. The van der Waals surface area contributed by atoms with Crippen LogP contribution >= 0.6 is 0 Å². The van der Waals surface area contributed by atoms with Crippen molar-refractivity contribution in [3.05, 3.63) is 12.3 Å². The van der Waals surface area contributed by atoms with Crippen LogP contribution in [0.2, 0.25) is 0 Å². The van der Waals surface area contributed by atoms with Gasteiger partial charge in [-0.25, -0.2) is 4.98 Å². The van der Waals surface area contributed by atoms with E-state index in [0.29, 0.717) is 11.8 Å². The van der Waals surface area contributed by atoms with Crippen LogP contribution in [0.15, 0.2) is 12.3 Å². The summed E-state index contributed by atoms with van der Waals surface area (Å²) in [6.45, 7) is 4.38. The maximum Gasteiger partial charge on any atom is 0.225 e. The first kappa shape index (κ1) is 11.1. The average Bonchev–Trinajstić information content (AvgIpc) is 2.82. The molecule has 16 heavy (non-hydrogen) atoms. The second kappa shape index (κ2) is 5.65. The fourth-order valence-electron chi connectivity index (χ4n) is 1.87. The van der Waals surface area contributed by atoms with Gasteiger partial charge in [-0.1, -0.05) is 0 Å². The molecule has 88 valence electrons. The number of likely N-dealkylation sites (tertiary alicyclic amines) is 1. The minimum Gasteiger partial charge on any atom is -0.481 e. The lowest BCUT2D eigenvalue weighted by atomic mass is 10.4. The summed E-state index contributed by atoms with van der Waals surface area (Å²) in [6, 6.07) is 1.74. The van der Waals surface area contributed by atoms with Gasteiger partial charge in [-0.15, -0.1) is 0 Å². The van der Waals surface area contributed by atoms with E-state index in [1.54, 1.807) is 19.4 Å². The number of hydrogen-bond acceptors (Lipinski definition) is 5. The first-order chi connectivity index (χ1) is 7.88. The molecule has 0 amide bonds. The van der Waals surface area contributed by atoms with Gasteiger partial charge < -0.3 is 15.0 Å². The number of ether oxygens (including phenoxy) is 1. The van der Waals surface area contributed by atoms with Crippen molar-refractivity contribution >= 4 is 5.95 Å². The lowest BCUT2D eigenvalue weighted by Crippen LogP contribution is -2.26. The fraction of sp³-hybridized carbons (Fsp3) is 0.636. The molecular weight excluding hydrogens is 204 g/mol. The van der Waals surface area contributed by atoms with Gasteiger partial charge in [-0.3, -0.25) is 0 Å². The molecule has 0 aromatic carbocycles. The maximum absolute atomic E-state index is 5.03. The molecule has 1 saturated heterocycles. The Kier molecular flexibility index (Phi) is 3.93. The van der Waals surface area contributed by atoms with Crippen LogP contribution in [0, 0.1) is 0 Å². The first-order valence-corrected chi connectivity index (χ1v) is 5.72. The topological polar surface area (TPSA) is 50.3 Å². The Morgan fingerprint density at radius 1 is 1.44 bits per heavy atom. The third-order valence-corrected chi connectivity index (χ3v) is 2.75. The van der Waals surface area contributed by atoms with Gasteiger partial charge in [0, 0.05) is 25.4 Å². The summed E-state index contributed by atoms with van der Waals surface area (Å²) in [5.74, 6) is 1.23. The molecule has 1 fully saturated rings. The molecule has 0 unspecified atom stereocenters. The van der Waals surface area contributed by atoms with Gasteiger partial charge >= 0.3 is 0 Å². The van der Waals surface area contributed by atoms with Crippen LogP contribution < -0.4 is 10.1 Å². The zero-order chi connectivity index (χ0) is 11.2. The van der Waals surface area contributed by atoms with Gasteiger partial charge in [0.1, 0.15) is 0 Å². The van der Waals surface area contributed by atoms with E-state index in [1.807, 2.05) is 0 Å². The zero-order valence-corrected chi connectivity index (χ0v) is 9.65. The molecule has 5 nitrogen and oxygen atoms in total. The summed E-state index contributed by atoms with van der Waals surface area (Å²) in [4.78, 5) is 10.8. The average molecular weight is 222 g/mol. The smallest absolute Gasteiger partial charge is 0.225 e. The molecule has 0 radical (unpaired) electrons. The molecule has 1 aliphatic heterocycles. The number of nitrogens with one attached hydrogen (secondary N) is 1. The molecule has 5 heteroatoms. The van der Waals surface area contributed by atoms with Gasteiger partial charge in [0.2, 0.25) is 11.8 Å². The molecule has 2 heterocycles. The van der Waals surface area contributed by atoms with Crippen molar-refractivity contribution in [3.8, 4) is 5.88 Å². The van der Waals surface area contributed by atoms with Crippen molar-refractivity contribution in [3.63, 3.8) is 0 Å². The van der Waals surface area contributed by atoms with E-state index in [0.717, 1.165) is 13.1 Å². The highest BCUT2D eigenvalue weighted by molar-refractivity contribution is 5.27. The predicted molar refractivity (Wildman–Crippen MR) is 62.7 cm³/mol. The van der Waals surface area contributed by atoms with E-state index in [4.69, 9.17) is 4.74 Å². The van der Waals surface area contributed by atoms with Crippen molar-refractivity contribution in [2.75, 3.05) is 38.6 Å². The molecule has 1 aromatic rings. The molecule has 0 atom stereocenters. The van der Waals surface area contributed by atoms with Gasteiger partial charge in [0.25, 0.3) is 0 Å². The van der Waals surface area contributed by atoms with E-state index >= 15 is 0 Å². The van der Waals surface area contributed by atoms with Gasteiger partial charge in [0.15, 0.2) is 0 Å². The molecule has 0 bridgehead atoms. The summed E-state index contributed by atoms with van der Waals surface area (Å²) in [5.41, 5.74) is 0. The first-order valence-electron chi connectivity index (χ1n) is 5.72. The third-order valence-electron chi connectivity index (χ3n) is 2.75. The molecule has 1 N–H and O–H groups in total. The Morgan fingerprint density at radius 2 is 2.25 bits per heavy atom. The minimum atomic E-state index is 0.596. The highest BCUT2D eigenvalue weighted by atomic mass is 16.5. The third kappa shape index (κ3) is 3.06. The van der Waals surface area contributed by atoms with Crippen LogP contribution in [0.25, 0.3) is 0 Å². The number of anilines is 1. The van der Waals surface area contributed by atoms with Crippen LogP contribution in [-0.4, -0.2) is 48.2 Å². The second-order valence-corrected chi connectivity index (χ2v) is 3.90. The van der Waals surface area contributed by atoms with E-state index < -0.39 is 0 Å². The molecule has 2 rings (SSSR count). The SMILES string of the molecule is COc1ccnc(NCCN2CCCC2)n1. The van der Waals surface area contributed by atoms with Gasteiger partial charge in [-0.05, 0) is 25.9 Å². The largest absolute Gasteiger partial charge is 0.481 e. The molecular formula is C11H18N4O. The Hall–Kier alpha value is -1.36. The standard InChI is InChI=1S/C11H18N4O/c1-16-10-4-5-12-11(14-10)13-6-9-15-7-2-3-8-15/h4-5H,2-3,6-9H2,1H3,(H,12,13,14). The lowest BCUT2D eigenvalue weighted by Gasteiger charge is -2.14. The van der Waals surface area contributed by atoms with Gasteiger partial charge in [-0.2, -0.15) is 4.98 Å². The Labute approximate surface area is 95.8 Å². The molecule has 0 spiro atoms. The quantitative estimate of drug-likeness (QED) is 0.805. The highest BCUT2D eigenvalue weighted by Gasteiger charge is 2.10. The molecule has 0 aliphatic carbocycles. The Bertz CT molecular complexity index is 326. The summed E-state index contributed by atoms with van der Waals surface area (Å²) in [6.07, 6.45) is 4.36. The van der Waals surface area contributed by atoms with E-state index in [2.05, 4.69) is 20.2 Å². The number of rotatable bonds is 5. The highest BCUT2D eigenvalue weighted by Crippen LogP contribution is 2.08. The van der Waals surface area contributed by atoms with Crippen LogP contribution in [0.4, 0.5) is 5.95 Å². The van der Waals surface area contributed by atoms with E-state index in [-0.39, 0.29) is 0 Å². The van der Waals surface area contributed by atoms with Crippen molar-refractivity contribution in [1.82, 2.24) is 14.9 Å². The fourth-order valence-corrected chi connectivity index (χ4v) is 1.87. The second-order valence-electron chi connectivity index (χ2n) is 3.90. The van der Waals surface area contributed by atoms with E-state index in [9.17, 15) is 0 Å². The predicted octanol–water partition coefficient (Wildman–Crippen LogP) is 0.993. The molecule has 1 aromatic heterocycles.